The lowest BCUT2D eigenvalue weighted by molar-refractivity contribution is -0.120. The van der Waals surface area contributed by atoms with Crippen molar-refractivity contribution in [3.05, 3.63) is 52.5 Å². The highest BCUT2D eigenvalue weighted by Crippen LogP contribution is 2.50. The number of carbonyl (C=O) groups is 1. The Morgan fingerprint density at radius 1 is 1.23 bits per heavy atom. The molecule has 0 spiro atoms. The van der Waals surface area contributed by atoms with Gasteiger partial charge in [0, 0.05) is 17.6 Å². The molecule has 0 amide bonds. The molecular formula is C18H18O4. The maximum atomic E-state index is 11.7. The number of aliphatic hydroxyl groups is 1. The first-order valence-electron chi connectivity index (χ1n) is 7.17. The SMILES string of the molecule is CC(=O)CC1(O)C(c2ccc(C)o2)=Cc2c1ccc(C)c2O. The van der Waals surface area contributed by atoms with Crippen LogP contribution in [-0.2, 0) is 10.4 Å². The van der Waals surface area contributed by atoms with Gasteiger partial charge < -0.3 is 14.6 Å². The summed E-state index contributed by atoms with van der Waals surface area (Å²) in [4.78, 5) is 11.7. The number of aryl methyl sites for hydroxylation is 2. The van der Waals surface area contributed by atoms with Gasteiger partial charge in [-0.15, -0.1) is 0 Å². The van der Waals surface area contributed by atoms with E-state index >= 15 is 0 Å². The predicted molar refractivity (Wildman–Crippen MR) is 83.4 cm³/mol. The number of Topliss-reactive ketones (excluding diaryl/α,β-unsaturated/α-hetero) is 1. The van der Waals surface area contributed by atoms with E-state index in [1.165, 1.54) is 6.92 Å². The first-order valence-corrected chi connectivity index (χ1v) is 7.17. The minimum absolute atomic E-state index is 0.0614. The summed E-state index contributed by atoms with van der Waals surface area (Å²) in [6.07, 6.45) is 1.65. The Labute approximate surface area is 128 Å². The Morgan fingerprint density at radius 2 is 1.95 bits per heavy atom. The summed E-state index contributed by atoms with van der Waals surface area (Å²) < 4.78 is 5.62. The van der Waals surface area contributed by atoms with Crippen molar-refractivity contribution >= 4 is 17.4 Å². The lowest BCUT2D eigenvalue weighted by atomic mass is 9.84. The van der Waals surface area contributed by atoms with Gasteiger partial charge >= 0.3 is 0 Å². The van der Waals surface area contributed by atoms with Crippen molar-refractivity contribution in [2.24, 2.45) is 0 Å². The fraction of sp³-hybridized carbons (Fsp3) is 0.278. The van der Waals surface area contributed by atoms with Crippen molar-refractivity contribution in [1.29, 1.82) is 0 Å². The highest BCUT2D eigenvalue weighted by molar-refractivity contribution is 5.96. The number of ketones is 1. The molecule has 1 aromatic heterocycles. The number of aromatic hydroxyl groups is 1. The van der Waals surface area contributed by atoms with Crippen LogP contribution in [0.3, 0.4) is 0 Å². The molecule has 114 valence electrons. The molecule has 4 heteroatoms. The van der Waals surface area contributed by atoms with Crippen molar-refractivity contribution in [1.82, 2.24) is 0 Å². The van der Waals surface area contributed by atoms with E-state index in [9.17, 15) is 15.0 Å². The minimum Gasteiger partial charge on any atom is -0.507 e. The highest BCUT2D eigenvalue weighted by Gasteiger charge is 2.43. The zero-order valence-electron chi connectivity index (χ0n) is 12.8. The maximum absolute atomic E-state index is 11.7. The molecule has 1 unspecified atom stereocenters. The monoisotopic (exact) mass is 298 g/mol. The van der Waals surface area contributed by atoms with E-state index in [1.807, 2.05) is 6.92 Å². The predicted octanol–water partition coefficient (Wildman–Crippen LogP) is 3.32. The number of carbonyl (C=O) groups excluding carboxylic acids is 1. The quantitative estimate of drug-likeness (QED) is 0.912. The van der Waals surface area contributed by atoms with E-state index in [0.29, 0.717) is 22.5 Å². The van der Waals surface area contributed by atoms with Gasteiger partial charge in [-0.05, 0) is 50.1 Å². The molecule has 0 fully saturated rings. The average Bonchev–Trinajstić information content (AvgIpc) is 2.96. The summed E-state index contributed by atoms with van der Waals surface area (Å²) >= 11 is 0. The fourth-order valence-corrected chi connectivity index (χ4v) is 3.04. The van der Waals surface area contributed by atoms with Gasteiger partial charge in [-0.25, -0.2) is 0 Å². The summed E-state index contributed by atoms with van der Waals surface area (Å²) in [5.74, 6) is 1.22. The number of furan rings is 1. The average molecular weight is 298 g/mol. The maximum Gasteiger partial charge on any atom is 0.133 e. The van der Waals surface area contributed by atoms with E-state index in [4.69, 9.17) is 4.42 Å². The molecule has 1 heterocycles. The molecule has 4 nitrogen and oxygen atoms in total. The van der Waals surface area contributed by atoms with Crippen LogP contribution in [0.1, 0.15) is 41.6 Å². The molecular weight excluding hydrogens is 280 g/mol. The molecule has 1 aromatic carbocycles. The molecule has 0 saturated heterocycles. The van der Waals surface area contributed by atoms with E-state index in [-0.39, 0.29) is 18.0 Å². The molecule has 0 aliphatic heterocycles. The summed E-state index contributed by atoms with van der Waals surface area (Å²) in [5.41, 5.74) is 0.836. The molecule has 0 radical (unpaired) electrons. The van der Waals surface area contributed by atoms with Crippen LogP contribution in [0.5, 0.6) is 5.75 Å². The van der Waals surface area contributed by atoms with Crippen LogP contribution in [0.15, 0.2) is 28.7 Å². The zero-order valence-corrected chi connectivity index (χ0v) is 12.8. The summed E-state index contributed by atoms with van der Waals surface area (Å²) in [6, 6.07) is 7.07. The largest absolute Gasteiger partial charge is 0.507 e. The third kappa shape index (κ3) is 2.07. The van der Waals surface area contributed by atoms with Crippen LogP contribution in [0.25, 0.3) is 11.6 Å². The number of benzene rings is 1. The molecule has 1 aliphatic rings. The van der Waals surface area contributed by atoms with E-state index in [0.717, 1.165) is 11.3 Å². The van der Waals surface area contributed by atoms with Gasteiger partial charge in [0.1, 0.15) is 28.7 Å². The van der Waals surface area contributed by atoms with E-state index < -0.39 is 5.60 Å². The van der Waals surface area contributed by atoms with Crippen LogP contribution in [0.2, 0.25) is 0 Å². The van der Waals surface area contributed by atoms with E-state index in [2.05, 4.69) is 0 Å². The molecule has 2 aromatic rings. The summed E-state index contributed by atoms with van der Waals surface area (Å²) in [5, 5.41) is 21.5. The minimum atomic E-state index is -1.48. The number of hydrogen-bond acceptors (Lipinski definition) is 4. The van der Waals surface area contributed by atoms with Crippen LogP contribution < -0.4 is 0 Å². The summed E-state index contributed by atoms with van der Waals surface area (Å²) in [6.45, 7) is 5.05. The Hall–Kier alpha value is -2.33. The lowest BCUT2D eigenvalue weighted by Crippen LogP contribution is -2.28. The Balaban J connectivity index is 2.24. The van der Waals surface area contributed by atoms with Crippen molar-refractivity contribution in [3.63, 3.8) is 0 Å². The van der Waals surface area contributed by atoms with Crippen LogP contribution in [0, 0.1) is 13.8 Å². The molecule has 1 aliphatic carbocycles. The molecule has 1 atom stereocenters. The van der Waals surface area contributed by atoms with Gasteiger partial charge in [0.25, 0.3) is 0 Å². The number of fused-ring (bicyclic) bond motifs is 1. The van der Waals surface area contributed by atoms with Gasteiger partial charge in [0.05, 0.1) is 0 Å². The molecule has 0 bridgehead atoms. The third-order valence-corrected chi connectivity index (χ3v) is 4.11. The molecule has 0 saturated carbocycles. The molecule has 22 heavy (non-hydrogen) atoms. The lowest BCUT2D eigenvalue weighted by Gasteiger charge is -2.26. The number of phenols is 1. The first kappa shape index (κ1) is 14.6. The number of phenolic OH excluding ortho intramolecular Hbond substituents is 1. The van der Waals surface area contributed by atoms with Crippen molar-refractivity contribution in [2.75, 3.05) is 0 Å². The van der Waals surface area contributed by atoms with Crippen LogP contribution in [0.4, 0.5) is 0 Å². The van der Waals surface area contributed by atoms with E-state index in [1.54, 1.807) is 37.3 Å². The zero-order chi connectivity index (χ0) is 16.1. The van der Waals surface area contributed by atoms with Gasteiger partial charge in [-0.3, -0.25) is 4.79 Å². The fourth-order valence-electron chi connectivity index (χ4n) is 3.04. The highest BCUT2D eigenvalue weighted by atomic mass is 16.3. The smallest absolute Gasteiger partial charge is 0.133 e. The van der Waals surface area contributed by atoms with Gasteiger partial charge in [0.2, 0.25) is 0 Å². The Bertz CT molecular complexity index is 797. The Kier molecular flexibility index (Phi) is 3.22. The molecule has 3 rings (SSSR count). The van der Waals surface area contributed by atoms with Crippen LogP contribution in [-0.4, -0.2) is 16.0 Å². The second-order valence-corrected chi connectivity index (χ2v) is 5.90. The first-order chi connectivity index (χ1) is 10.3. The van der Waals surface area contributed by atoms with Crippen molar-refractivity contribution in [2.45, 2.75) is 32.8 Å². The van der Waals surface area contributed by atoms with Gasteiger partial charge in [-0.1, -0.05) is 12.1 Å². The standard InChI is InChI=1S/C18H18O4/c1-10-4-6-14-13(17(10)20)8-15(16-7-5-12(3)22-16)18(14,21)9-11(2)19/h4-8,20-21H,9H2,1-3H3. The topological polar surface area (TPSA) is 70.7 Å². The Morgan fingerprint density at radius 3 is 2.55 bits per heavy atom. The van der Waals surface area contributed by atoms with Gasteiger partial charge in [0.15, 0.2) is 0 Å². The van der Waals surface area contributed by atoms with Crippen molar-refractivity contribution < 1.29 is 19.4 Å². The second kappa shape index (κ2) is 4.85. The number of hydrogen-bond donors (Lipinski definition) is 2. The van der Waals surface area contributed by atoms with Crippen molar-refractivity contribution in [3.8, 4) is 5.75 Å². The summed E-state index contributed by atoms with van der Waals surface area (Å²) in [7, 11) is 0. The third-order valence-electron chi connectivity index (χ3n) is 4.11. The normalized spacial score (nSPS) is 19.9. The second-order valence-electron chi connectivity index (χ2n) is 5.90. The number of rotatable bonds is 3. The molecule has 2 N–H and O–H groups in total. The van der Waals surface area contributed by atoms with Gasteiger partial charge in [-0.2, -0.15) is 0 Å². The van der Waals surface area contributed by atoms with Crippen LogP contribution >= 0.6 is 0 Å².